The zero-order valence-corrected chi connectivity index (χ0v) is 15.3. The van der Waals surface area contributed by atoms with Gasteiger partial charge in [0.1, 0.15) is 11.8 Å². The molecule has 0 spiro atoms. The summed E-state index contributed by atoms with van der Waals surface area (Å²) >= 11 is 5.95. The summed E-state index contributed by atoms with van der Waals surface area (Å²) in [5.74, 6) is -0.556. The number of amides is 1. The van der Waals surface area contributed by atoms with Crippen molar-refractivity contribution >= 4 is 29.2 Å². The van der Waals surface area contributed by atoms with Crippen LogP contribution in [0.1, 0.15) is 34.3 Å². The van der Waals surface area contributed by atoms with Crippen molar-refractivity contribution in [1.29, 1.82) is 0 Å². The molecule has 4 rings (SSSR count). The van der Waals surface area contributed by atoms with E-state index in [1.165, 1.54) is 23.6 Å². The second-order valence-electron chi connectivity index (χ2n) is 6.08. The molecule has 1 amide bonds. The molecule has 1 aliphatic heterocycles. The second kappa shape index (κ2) is 7.74. The average Bonchev–Trinajstić information content (AvgIpc) is 3.47. The number of nitrogens with zero attached hydrogens (tertiary/aromatic N) is 2. The SMILES string of the molecule is O=C(OCC(=O)N1N=C(c2ccc(Cl)cc2)C[C@@H]1c1ccco1)c1ccco1. The Morgan fingerprint density at radius 1 is 1.11 bits per heavy atom. The van der Waals surface area contributed by atoms with E-state index in [1.807, 2.05) is 12.1 Å². The molecule has 3 aromatic rings. The van der Waals surface area contributed by atoms with Gasteiger partial charge in [-0.05, 0) is 42.0 Å². The third kappa shape index (κ3) is 3.70. The predicted molar refractivity (Wildman–Crippen MR) is 99.9 cm³/mol. The zero-order valence-electron chi connectivity index (χ0n) is 14.6. The van der Waals surface area contributed by atoms with Gasteiger partial charge in [-0.3, -0.25) is 4.79 Å². The lowest BCUT2D eigenvalue weighted by atomic mass is 10.0. The van der Waals surface area contributed by atoms with Crippen molar-refractivity contribution in [3.63, 3.8) is 0 Å². The fourth-order valence-electron chi connectivity index (χ4n) is 2.92. The van der Waals surface area contributed by atoms with Crippen molar-refractivity contribution in [1.82, 2.24) is 5.01 Å². The molecule has 142 valence electrons. The van der Waals surface area contributed by atoms with Crippen LogP contribution in [0, 0.1) is 0 Å². The van der Waals surface area contributed by atoms with Gasteiger partial charge in [0, 0.05) is 11.4 Å². The molecule has 1 aromatic carbocycles. The molecule has 1 aliphatic rings. The first-order chi connectivity index (χ1) is 13.6. The van der Waals surface area contributed by atoms with Crippen LogP contribution in [0.3, 0.4) is 0 Å². The van der Waals surface area contributed by atoms with E-state index in [0.29, 0.717) is 22.9 Å². The number of ether oxygens (including phenoxy) is 1. The molecule has 0 radical (unpaired) electrons. The van der Waals surface area contributed by atoms with Gasteiger partial charge in [-0.15, -0.1) is 0 Å². The predicted octanol–water partition coefficient (Wildman–Crippen LogP) is 4.06. The number of carbonyl (C=O) groups is 2. The summed E-state index contributed by atoms with van der Waals surface area (Å²) in [5, 5.41) is 6.35. The molecular formula is C20H15ClN2O5. The fraction of sp³-hybridized carbons (Fsp3) is 0.150. The monoisotopic (exact) mass is 398 g/mol. The van der Waals surface area contributed by atoms with Crippen molar-refractivity contribution < 1.29 is 23.2 Å². The summed E-state index contributed by atoms with van der Waals surface area (Å²) in [6.07, 6.45) is 3.36. The van der Waals surface area contributed by atoms with Crippen molar-refractivity contribution in [3.8, 4) is 0 Å². The first-order valence-corrected chi connectivity index (χ1v) is 8.89. The third-order valence-electron chi connectivity index (χ3n) is 4.26. The molecule has 2 aromatic heterocycles. The van der Waals surface area contributed by atoms with E-state index in [9.17, 15) is 9.59 Å². The lowest BCUT2D eigenvalue weighted by molar-refractivity contribution is -0.136. The summed E-state index contributed by atoms with van der Waals surface area (Å²) < 4.78 is 15.5. The minimum absolute atomic E-state index is 0.0298. The van der Waals surface area contributed by atoms with E-state index in [1.54, 1.807) is 30.3 Å². The molecule has 1 atom stereocenters. The van der Waals surface area contributed by atoms with Crippen LogP contribution in [-0.4, -0.2) is 29.2 Å². The molecule has 0 aliphatic carbocycles. The molecule has 8 heteroatoms. The van der Waals surface area contributed by atoms with E-state index in [4.69, 9.17) is 25.2 Å². The number of esters is 1. The van der Waals surface area contributed by atoms with Crippen LogP contribution in [0.5, 0.6) is 0 Å². The minimum atomic E-state index is -0.714. The highest BCUT2D eigenvalue weighted by Gasteiger charge is 2.35. The quantitative estimate of drug-likeness (QED) is 0.605. The van der Waals surface area contributed by atoms with E-state index < -0.39 is 24.5 Å². The number of furan rings is 2. The third-order valence-corrected chi connectivity index (χ3v) is 4.52. The number of carbonyl (C=O) groups excluding carboxylic acids is 2. The van der Waals surface area contributed by atoms with E-state index in [-0.39, 0.29) is 5.76 Å². The Hall–Kier alpha value is -3.32. The van der Waals surface area contributed by atoms with E-state index in [0.717, 1.165) is 5.56 Å². The maximum atomic E-state index is 12.7. The largest absolute Gasteiger partial charge is 0.467 e. The maximum absolute atomic E-state index is 12.7. The number of benzene rings is 1. The van der Waals surface area contributed by atoms with Crippen LogP contribution >= 0.6 is 11.6 Å². The number of halogens is 1. The first-order valence-electron chi connectivity index (χ1n) is 8.51. The normalized spacial score (nSPS) is 16.1. The summed E-state index contributed by atoms with van der Waals surface area (Å²) in [7, 11) is 0. The molecule has 3 heterocycles. The van der Waals surface area contributed by atoms with E-state index in [2.05, 4.69) is 5.10 Å². The van der Waals surface area contributed by atoms with Crippen molar-refractivity contribution in [2.45, 2.75) is 12.5 Å². The van der Waals surface area contributed by atoms with Crippen molar-refractivity contribution in [2.24, 2.45) is 5.10 Å². The summed E-state index contributed by atoms with van der Waals surface area (Å²) in [6, 6.07) is 13.3. The van der Waals surface area contributed by atoms with Gasteiger partial charge in [-0.1, -0.05) is 23.7 Å². The lowest BCUT2D eigenvalue weighted by Crippen LogP contribution is -2.31. The molecule has 0 saturated carbocycles. The molecule has 28 heavy (non-hydrogen) atoms. The molecular weight excluding hydrogens is 384 g/mol. The van der Waals surface area contributed by atoms with Crippen LogP contribution in [-0.2, 0) is 9.53 Å². The van der Waals surface area contributed by atoms with E-state index >= 15 is 0 Å². The molecule has 0 unspecified atom stereocenters. The van der Waals surface area contributed by atoms with Gasteiger partial charge in [-0.25, -0.2) is 9.80 Å². The van der Waals surface area contributed by atoms with Crippen LogP contribution in [0.2, 0.25) is 5.02 Å². The van der Waals surface area contributed by atoms with Crippen LogP contribution < -0.4 is 0 Å². The van der Waals surface area contributed by atoms with Crippen LogP contribution in [0.4, 0.5) is 0 Å². The van der Waals surface area contributed by atoms with Gasteiger partial charge in [0.15, 0.2) is 6.61 Å². The molecule has 7 nitrogen and oxygen atoms in total. The fourth-order valence-corrected chi connectivity index (χ4v) is 3.04. The highest BCUT2D eigenvalue weighted by atomic mass is 35.5. The average molecular weight is 399 g/mol. The van der Waals surface area contributed by atoms with Crippen LogP contribution in [0.25, 0.3) is 0 Å². The van der Waals surface area contributed by atoms with Gasteiger partial charge < -0.3 is 13.6 Å². The Kier molecular flexibility index (Phi) is 4.99. The van der Waals surface area contributed by atoms with Gasteiger partial charge >= 0.3 is 5.97 Å². The highest BCUT2D eigenvalue weighted by Crippen LogP contribution is 2.33. The number of rotatable bonds is 5. The summed E-state index contributed by atoms with van der Waals surface area (Å²) in [5.41, 5.74) is 1.56. The highest BCUT2D eigenvalue weighted by molar-refractivity contribution is 6.30. The zero-order chi connectivity index (χ0) is 19.5. The second-order valence-corrected chi connectivity index (χ2v) is 6.52. The topological polar surface area (TPSA) is 85.3 Å². The Morgan fingerprint density at radius 3 is 2.54 bits per heavy atom. The molecule has 0 fully saturated rings. The lowest BCUT2D eigenvalue weighted by Gasteiger charge is -2.19. The van der Waals surface area contributed by atoms with Gasteiger partial charge in [0.05, 0.1) is 18.2 Å². The number of hydrogen-bond donors (Lipinski definition) is 0. The summed E-state index contributed by atoms with van der Waals surface area (Å²) in [4.78, 5) is 24.6. The number of hydrazone groups is 1. The van der Waals surface area contributed by atoms with Crippen molar-refractivity contribution in [2.75, 3.05) is 6.61 Å². The van der Waals surface area contributed by atoms with Gasteiger partial charge in [-0.2, -0.15) is 5.10 Å². The van der Waals surface area contributed by atoms with Gasteiger partial charge in [0.25, 0.3) is 5.91 Å². The van der Waals surface area contributed by atoms with Crippen LogP contribution in [0.15, 0.2) is 75.0 Å². The Labute approximate surface area is 165 Å². The molecule has 0 N–H and O–H groups in total. The first kappa shape index (κ1) is 18.1. The summed E-state index contributed by atoms with van der Waals surface area (Å²) in [6.45, 7) is -0.464. The van der Waals surface area contributed by atoms with Crippen molar-refractivity contribution in [3.05, 3.63) is 83.2 Å². The molecule has 0 saturated heterocycles. The Balaban J connectivity index is 1.53. The minimum Gasteiger partial charge on any atom is -0.467 e. The Bertz CT molecular complexity index is 994. The standard InChI is InChI=1S/C20H15ClN2O5/c21-14-7-5-13(6-8-14)15-11-16(17-3-1-9-26-17)23(22-15)19(24)12-28-20(25)18-4-2-10-27-18/h1-10,16H,11-12H2/t16-/m1/s1. The van der Waals surface area contributed by atoms with Gasteiger partial charge in [0.2, 0.25) is 5.76 Å². The number of hydrogen-bond acceptors (Lipinski definition) is 6. The Morgan fingerprint density at radius 2 is 1.86 bits per heavy atom. The maximum Gasteiger partial charge on any atom is 0.374 e. The molecule has 0 bridgehead atoms. The smallest absolute Gasteiger partial charge is 0.374 e.